The number of fused-ring (bicyclic) bond motifs is 4. The Bertz CT molecular complexity index is 1520. The summed E-state index contributed by atoms with van der Waals surface area (Å²) in [6.07, 6.45) is 7.17. The van der Waals surface area contributed by atoms with Gasteiger partial charge in [0.2, 0.25) is 11.8 Å². The first-order chi connectivity index (χ1) is 18.9. The number of benzene rings is 2. The largest absolute Gasteiger partial charge is 0.343 e. The molecule has 2 aromatic carbocycles. The Morgan fingerprint density at radius 2 is 2.03 bits per heavy atom. The Labute approximate surface area is 234 Å². The molecule has 200 valence electrons. The molecule has 0 radical (unpaired) electrons. The second kappa shape index (κ2) is 11.8. The van der Waals surface area contributed by atoms with Crippen LogP contribution in [0.1, 0.15) is 50.0 Å². The van der Waals surface area contributed by atoms with Gasteiger partial charge in [-0.1, -0.05) is 61.2 Å². The average Bonchev–Trinajstić information content (AvgIpc) is 3.57. The molecule has 1 aliphatic heterocycles. The Kier molecular flexibility index (Phi) is 8.04. The van der Waals surface area contributed by atoms with Gasteiger partial charge in [-0.25, -0.2) is 4.98 Å². The molecule has 39 heavy (non-hydrogen) atoms. The fourth-order valence-electron chi connectivity index (χ4n) is 4.60. The number of anilines is 1. The maximum absolute atomic E-state index is 13.1. The van der Waals surface area contributed by atoms with Crippen molar-refractivity contribution >= 4 is 46.8 Å². The van der Waals surface area contributed by atoms with Crippen molar-refractivity contribution in [3.63, 3.8) is 0 Å². The number of hydrogen-bond donors (Lipinski definition) is 3. The van der Waals surface area contributed by atoms with Gasteiger partial charge in [0.1, 0.15) is 23.0 Å². The van der Waals surface area contributed by atoms with Crippen LogP contribution in [0.3, 0.4) is 0 Å². The van der Waals surface area contributed by atoms with Gasteiger partial charge in [0.25, 0.3) is 0 Å². The second-order valence-corrected chi connectivity index (χ2v) is 10.3. The van der Waals surface area contributed by atoms with Crippen LogP contribution in [-0.2, 0) is 9.59 Å². The minimum absolute atomic E-state index is 0.0573. The lowest BCUT2D eigenvalue weighted by atomic mass is 9.98. The monoisotopic (exact) mass is 564 g/mol. The van der Waals surface area contributed by atoms with E-state index in [0.717, 1.165) is 12.8 Å². The molecule has 0 saturated heterocycles. The van der Waals surface area contributed by atoms with Crippen LogP contribution in [0.15, 0.2) is 54.9 Å². The summed E-state index contributed by atoms with van der Waals surface area (Å²) in [5, 5.41) is 18.2. The molecule has 3 heterocycles. The maximum Gasteiger partial charge on any atom is 0.244 e. The number of amides is 2. The number of rotatable bonds is 4. The number of tetrazole rings is 1. The van der Waals surface area contributed by atoms with Crippen molar-refractivity contribution in [1.82, 2.24) is 35.5 Å². The average molecular weight is 565 g/mol. The van der Waals surface area contributed by atoms with Gasteiger partial charge in [0.15, 0.2) is 0 Å². The van der Waals surface area contributed by atoms with Crippen molar-refractivity contribution in [2.75, 3.05) is 5.32 Å². The third-order valence-corrected chi connectivity index (χ3v) is 7.01. The molecule has 2 unspecified atom stereocenters. The number of imidazole rings is 1. The van der Waals surface area contributed by atoms with Crippen LogP contribution in [-0.4, -0.2) is 42.0 Å². The first-order valence-electron chi connectivity index (χ1n) is 12.5. The number of nitrogens with zero attached hydrogens (tertiary/aromatic N) is 5. The summed E-state index contributed by atoms with van der Waals surface area (Å²) in [7, 11) is 0. The second-order valence-electron chi connectivity index (χ2n) is 9.47. The van der Waals surface area contributed by atoms with Gasteiger partial charge in [-0.05, 0) is 53.1 Å². The van der Waals surface area contributed by atoms with Crippen LogP contribution in [0.4, 0.5) is 5.69 Å². The smallest absolute Gasteiger partial charge is 0.244 e. The van der Waals surface area contributed by atoms with E-state index >= 15 is 0 Å². The lowest BCUT2D eigenvalue weighted by molar-refractivity contribution is -0.117. The predicted octanol–water partition coefficient (Wildman–Crippen LogP) is 5.38. The number of carbonyl (C=O) groups excluding carboxylic acids is 2. The molecule has 2 amide bonds. The van der Waals surface area contributed by atoms with Crippen LogP contribution >= 0.6 is 23.2 Å². The van der Waals surface area contributed by atoms with Crippen LogP contribution in [0.5, 0.6) is 0 Å². The number of hydrogen-bond acceptors (Lipinski definition) is 6. The zero-order valence-corrected chi connectivity index (χ0v) is 22.6. The molecular weight excluding hydrogens is 539 g/mol. The lowest BCUT2D eigenvalue weighted by Gasteiger charge is -2.17. The van der Waals surface area contributed by atoms with Gasteiger partial charge in [-0.2, -0.15) is 4.68 Å². The molecule has 10 nitrogen and oxygen atoms in total. The van der Waals surface area contributed by atoms with Gasteiger partial charge in [0.05, 0.1) is 17.4 Å². The van der Waals surface area contributed by atoms with E-state index in [1.165, 1.54) is 17.1 Å². The number of nitrogens with one attached hydrogen (secondary N) is 3. The van der Waals surface area contributed by atoms with E-state index in [-0.39, 0.29) is 17.7 Å². The molecule has 4 aromatic rings. The third-order valence-electron chi connectivity index (χ3n) is 6.50. The fourth-order valence-corrected chi connectivity index (χ4v) is 5.02. The summed E-state index contributed by atoms with van der Waals surface area (Å²) < 4.78 is 1.49. The van der Waals surface area contributed by atoms with Crippen molar-refractivity contribution in [3.05, 3.63) is 76.4 Å². The third kappa shape index (κ3) is 6.35. The quantitative estimate of drug-likeness (QED) is 0.285. The maximum atomic E-state index is 13.1. The highest BCUT2D eigenvalue weighted by atomic mass is 35.5. The van der Waals surface area contributed by atoms with Crippen molar-refractivity contribution in [3.8, 4) is 16.9 Å². The Morgan fingerprint density at radius 1 is 1.18 bits per heavy atom. The van der Waals surface area contributed by atoms with Crippen LogP contribution in [0.25, 0.3) is 23.0 Å². The number of H-pyrrole nitrogens is 1. The van der Waals surface area contributed by atoms with E-state index in [1.54, 1.807) is 24.3 Å². The number of para-hydroxylation sites is 1. The van der Waals surface area contributed by atoms with E-state index in [0.29, 0.717) is 57.0 Å². The van der Waals surface area contributed by atoms with E-state index < -0.39 is 6.04 Å². The van der Waals surface area contributed by atoms with Gasteiger partial charge < -0.3 is 15.6 Å². The Balaban J connectivity index is 1.42. The van der Waals surface area contributed by atoms with Crippen molar-refractivity contribution in [2.24, 2.45) is 5.92 Å². The molecule has 0 saturated carbocycles. The molecule has 2 aromatic heterocycles. The highest BCUT2D eigenvalue weighted by molar-refractivity contribution is 6.32. The number of aromatic amines is 1. The predicted molar refractivity (Wildman–Crippen MR) is 149 cm³/mol. The van der Waals surface area contributed by atoms with Gasteiger partial charge in [-0.3, -0.25) is 9.59 Å². The molecule has 0 spiro atoms. The molecule has 2 bridgehead atoms. The van der Waals surface area contributed by atoms with Crippen molar-refractivity contribution < 1.29 is 9.59 Å². The summed E-state index contributed by atoms with van der Waals surface area (Å²) >= 11 is 12.8. The summed E-state index contributed by atoms with van der Waals surface area (Å²) in [6.45, 7) is 2.05. The van der Waals surface area contributed by atoms with E-state index in [1.807, 2.05) is 24.3 Å². The molecule has 12 heteroatoms. The Hall–Kier alpha value is -4.02. The topological polar surface area (TPSA) is 130 Å². The molecule has 0 fully saturated rings. The Morgan fingerprint density at radius 3 is 2.85 bits per heavy atom. The minimum atomic E-state index is -0.421. The normalized spacial score (nSPS) is 18.0. The van der Waals surface area contributed by atoms with Crippen molar-refractivity contribution in [2.45, 2.75) is 38.6 Å². The van der Waals surface area contributed by atoms with Crippen LogP contribution in [0.2, 0.25) is 10.2 Å². The molecule has 3 N–H and O–H groups in total. The number of halogens is 2. The zero-order valence-electron chi connectivity index (χ0n) is 21.1. The van der Waals surface area contributed by atoms with Gasteiger partial charge >= 0.3 is 0 Å². The highest BCUT2D eigenvalue weighted by Gasteiger charge is 2.23. The summed E-state index contributed by atoms with van der Waals surface area (Å²) in [6, 6.07) is 12.2. The first-order valence-corrected chi connectivity index (χ1v) is 13.3. The standard InChI is InChI=1S/C27H26Cl2N8O2/c1-16-5-4-8-21(27-33-25(26(29)34-27)19-6-2-3-7-20(19)31-24(39)13-16)32-23(38)12-9-17-14-18(28)10-11-22(17)37-15-30-35-36-37/h2-3,6-7,9-12,14-16,21H,4-5,8,13H2,1H3,(H,31,39)(H,32,38)(H,33,34). The number of carbonyl (C=O) groups is 2. The van der Waals surface area contributed by atoms with Gasteiger partial charge in [0, 0.05) is 28.6 Å². The minimum Gasteiger partial charge on any atom is -0.343 e. The van der Waals surface area contributed by atoms with Crippen molar-refractivity contribution in [1.29, 1.82) is 0 Å². The van der Waals surface area contributed by atoms with E-state index in [2.05, 4.69) is 38.1 Å². The number of aromatic nitrogens is 6. The first kappa shape index (κ1) is 26.6. The van der Waals surface area contributed by atoms with E-state index in [4.69, 9.17) is 28.2 Å². The summed E-state index contributed by atoms with van der Waals surface area (Å²) in [4.78, 5) is 33.7. The summed E-state index contributed by atoms with van der Waals surface area (Å²) in [5.74, 6) is 0.350. The molecular formula is C27H26Cl2N8O2. The van der Waals surface area contributed by atoms with Gasteiger partial charge in [-0.15, -0.1) is 5.10 Å². The van der Waals surface area contributed by atoms with Crippen LogP contribution < -0.4 is 10.6 Å². The lowest BCUT2D eigenvalue weighted by Crippen LogP contribution is -2.28. The molecule has 2 atom stereocenters. The molecule has 5 rings (SSSR count). The fraction of sp³-hybridized carbons (Fsp3) is 0.259. The van der Waals surface area contributed by atoms with Crippen LogP contribution in [0, 0.1) is 5.92 Å². The zero-order chi connectivity index (χ0) is 27.4. The SMILES string of the molecule is CC1CCCC(NC(=O)C=Cc2cc(Cl)ccc2-n2cnnn2)c2nc(c(Cl)[nH]2)-c2ccccc2NC(=O)C1. The molecule has 1 aliphatic rings. The molecule has 0 aliphatic carbocycles. The van der Waals surface area contributed by atoms with E-state index in [9.17, 15) is 9.59 Å². The highest BCUT2D eigenvalue weighted by Crippen LogP contribution is 2.34. The summed E-state index contributed by atoms with van der Waals surface area (Å²) in [5.41, 5.74) is 3.19.